The molecular weight excluding hydrogens is 448 g/mol. The molecule has 0 aliphatic carbocycles. The van der Waals surface area contributed by atoms with Crippen LogP contribution in [0.2, 0.25) is 0 Å². The third kappa shape index (κ3) is 2.14. The first-order valence-corrected chi connectivity index (χ1v) is 12.6. The summed E-state index contributed by atoms with van der Waals surface area (Å²) in [5, 5.41) is 8.59. The Bertz CT molecular complexity index is 2330. The minimum absolute atomic E-state index is 0.918. The zero-order valence-corrected chi connectivity index (χ0v) is 19.3. The second-order valence-electron chi connectivity index (χ2n) is 9.15. The highest BCUT2D eigenvalue weighted by Gasteiger charge is 2.21. The van der Waals surface area contributed by atoms with Gasteiger partial charge in [-0.15, -0.1) is 11.3 Å². The molecule has 4 heterocycles. The number of pyridine rings is 1. The zero-order chi connectivity index (χ0) is 22.7. The van der Waals surface area contributed by atoms with Gasteiger partial charge >= 0.3 is 0 Å². The summed E-state index contributed by atoms with van der Waals surface area (Å²) in [6.07, 6.45) is 0. The molecule has 0 unspecified atom stereocenters. The molecular formula is C31H16N2OS. The standard InChI is InChI=1S/C31H16N2OS/c1-5-11-24-19(8-1)27-25(34-24)16-15-23-29(27)28-20(31-32-21-9-3-4-10-22(21)33(23)31)14-13-18-17-7-2-6-12-26(17)35-30(18)28/h1-16H. The second kappa shape index (κ2) is 6.17. The van der Waals surface area contributed by atoms with Gasteiger partial charge in [-0.3, -0.25) is 4.40 Å². The first kappa shape index (κ1) is 18.0. The number of rotatable bonds is 0. The van der Waals surface area contributed by atoms with E-state index >= 15 is 0 Å². The maximum atomic E-state index is 6.34. The van der Waals surface area contributed by atoms with E-state index in [0.717, 1.165) is 38.7 Å². The van der Waals surface area contributed by atoms with Crippen molar-refractivity contribution in [3.8, 4) is 0 Å². The molecule has 0 amide bonds. The second-order valence-corrected chi connectivity index (χ2v) is 10.2. The van der Waals surface area contributed by atoms with E-state index in [1.54, 1.807) is 0 Å². The lowest BCUT2D eigenvalue weighted by Crippen LogP contribution is -1.92. The van der Waals surface area contributed by atoms with E-state index in [1.165, 1.54) is 41.7 Å². The van der Waals surface area contributed by atoms with Crippen molar-refractivity contribution in [3.05, 3.63) is 97.1 Å². The fourth-order valence-corrected chi connectivity index (χ4v) is 7.18. The molecule has 0 saturated heterocycles. The molecule has 0 spiro atoms. The van der Waals surface area contributed by atoms with Gasteiger partial charge in [0, 0.05) is 47.1 Å². The molecule has 0 aliphatic rings. The van der Waals surface area contributed by atoms with Gasteiger partial charge in [-0.25, -0.2) is 4.98 Å². The summed E-state index contributed by atoms with van der Waals surface area (Å²) >= 11 is 1.87. The van der Waals surface area contributed by atoms with Crippen molar-refractivity contribution < 1.29 is 4.42 Å². The van der Waals surface area contributed by atoms with Crippen LogP contribution < -0.4 is 0 Å². The van der Waals surface area contributed by atoms with Crippen LogP contribution in [0.15, 0.2) is 101 Å². The summed E-state index contributed by atoms with van der Waals surface area (Å²) in [7, 11) is 0. The van der Waals surface area contributed by atoms with Crippen LogP contribution in [-0.4, -0.2) is 9.38 Å². The molecule has 5 aromatic carbocycles. The monoisotopic (exact) mass is 464 g/mol. The van der Waals surface area contributed by atoms with Gasteiger partial charge in [0.15, 0.2) is 0 Å². The van der Waals surface area contributed by atoms with Crippen LogP contribution in [0.1, 0.15) is 0 Å². The quantitative estimate of drug-likeness (QED) is 0.210. The highest BCUT2D eigenvalue weighted by Crippen LogP contribution is 2.46. The van der Waals surface area contributed by atoms with E-state index in [1.807, 2.05) is 17.4 Å². The first-order valence-electron chi connectivity index (χ1n) is 11.7. The molecule has 0 aliphatic heterocycles. The fourth-order valence-electron chi connectivity index (χ4n) is 5.92. The molecule has 0 fully saturated rings. The molecule has 9 rings (SSSR count). The van der Waals surface area contributed by atoms with Crippen LogP contribution in [0, 0.1) is 0 Å². The summed E-state index contributed by atoms with van der Waals surface area (Å²) in [6.45, 7) is 0. The van der Waals surface area contributed by atoms with Gasteiger partial charge in [-0.2, -0.15) is 0 Å². The predicted octanol–water partition coefficient (Wildman–Crippen LogP) is 9.06. The van der Waals surface area contributed by atoms with Crippen LogP contribution in [0.25, 0.3) is 80.5 Å². The molecule has 3 nitrogen and oxygen atoms in total. The molecule has 0 saturated carbocycles. The van der Waals surface area contributed by atoms with E-state index in [9.17, 15) is 0 Å². The third-order valence-corrected chi connectivity index (χ3v) is 8.57. The van der Waals surface area contributed by atoms with Crippen molar-refractivity contribution in [1.82, 2.24) is 9.38 Å². The van der Waals surface area contributed by atoms with Crippen molar-refractivity contribution in [2.75, 3.05) is 0 Å². The number of nitrogens with zero attached hydrogens (tertiary/aromatic N) is 2. The third-order valence-electron chi connectivity index (χ3n) is 7.36. The minimum atomic E-state index is 0.918. The fraction of sp³-hybridized carbons (Fsp3) is 0. The number of hydrogen-bond donors (Lipinski definition) is 0. The normalized spacial score (nSPS) is 12.6. The Morgan fingerprint density at radius 3 is 2.34 bits per heavy atom. The van der Waals surface area contributed by atoms with Gasteiger partial charge in [0.1, 0.15) is 16.8 Å². The largest absolute Gasteiger partial charge is 0.456 e. The van der Waals surface area contributed by atoms with Crippen LogP contribution in [0.3, 0.4) is 0 Å². The molecule has 0 atom stereocenters. The summed E-state index contributed by atoms with van der Waals surface area (Å²) < 4.78 is 11.3. The Kier molecular flexibility index (Phi) is 3.17. The Hall–Kier alpha value is -4.41. The highest BCUT2D eigenvalue weighted by atomic mass is 32.1. The van der Waals surface area contributed by atoms with Crippen molar-refractivity contribution in [2.24, 2.45) is 0 Å². The van der Waals surface area contributed by atoms with E-state index in [4.69, 9.17) is 9.40 Å². The van der Waals surface area contributed by atoms with Crippen LogP contribution in [0.4, 0.5) is 0 Å². The summed E-state index contributed by atoms with van der Waals surface area (Å²) in [5.74, 6) is 0. The lowest BCUT2D eigenvalue weighted by atomic mass is 9.99. The van der Waals surface area contributed by atoms with Gasteiger partial charge in [-0.1, -0.05) is 54.6 Å². The smallest absolute Gasteiger partial charge is 0.146 e. The van der Waals surface area contributed by atoms with Gasteiger partial charge in [0.05, 0.1) is 16.6 Å². The number of fused-ring (bicyclic) bond motifs is 16. The topological polar surface area (TPSA) is 30.4 Å². The minimum Gasteiger partial charge on any atom is -0.456 e. The van der Waals surface area contributed by atoms with Crippen molar-refractivity contribution in [1.29, 1.82) is 0 Å². The Labute approximate surface area is 202 Å². The summed E-state index contributed by atoms with van der Waals surface area (Å²) in [5.41, 5.74) is 6.13. The molecule has 4 heteroatoms. The molecule has 9 aromatic rings. The zero-order valence-electron chi connectivity index (χ0n) is 18.4. The Morgan fingerprint density at radius 1 is 0.571 bits per heavy atom. The Balaban J connectivity index is 1.71. The highest BCUT2D eigenvalue weighted by molar-refractivity contribution is 7.26. The van der Waals surface area contributed by atoms with Crippen molar-refractivity contribution in [2.45, 2.75) is 0 Å². The lowest BCUT2D eigenvalue weighted by molar-refractivity contribution is 0.669. The van der Waals surface area contributed by atoms with E-state index in [0.29, 0.717) is 0 Å². The number of furan rings is 1. The maximum absolute atomic E-state index is 6.34. The predicted molar refractivity (Wildman–Crippen MR) is 148 cm³/mol. The van der Waals surface area contributed by atoms with E-state index < -0.39 is 0 Å². The molecule has 0 N–H and O–H groups in total. The maximum Gasteiger partial charge on any atom is 0.146 e. The summed E-state index contributed by atoms with van der Waals surface area (Å²) in [4.78, 5) is 5.13. The van der Waals surface area contributed by atoms with Crippen LogP contribution in [-0.2, 0) is 0 Å². The van der Waals surface area contributed by atoms with Crippen molar-refractivity contribution >= 4 is 91.8 Å². The number of imidazole rings is 1. The number of para-hydroxylation sites is 3. The number of thiophene rings is 1. The van der Waals surface area contributed by atoms with Gasteiger partial charge in [0.2, 0.25) is 0 Å². The van der Waals surface area contributed by atoms with Crippen LogP contribution >= 0.6 is 11.3 Å². The van der Waals surface area contributed by atoms with E-state index in [-0.39, 0.29) is 0 Å². The van der Waals surface area contributed by atoms with E-state index in [2.05, 4.69) is 95.4 Å². The molecule has 35 heavy (non-hydrogen) atoms. The molecule has 162 valence electrons. The average Bonchev–Trinajstić information content (AvgIpc) is 3.59. The average molecular weight is 465 g/mol. The molecule has 0 bridgehead atoms. The number of benzene rings is 5. The van der Waals surface area contributed by atoms with Gasteiger partial charge < -0.3 is 4.42 Å². The molecule has 0 radical (unpaired) electrons. The first-order chi connectivity index (χ1) is 17.4. The Morgan fingerprint density at radius 2 is 1.37 bits per heavy atom. The van der Waals surface area contributed by atoms with Gasteiger partial charge in [-0.05, 0) is 42.5 Å². The SMILES string of the molecule is c1ccc2c(c1)nc1c3ccc4c5ccccc5sc4c3c3c4c(ccc3n21)oc1ccccc14. The number of aromatic nitrogens is 2. The lowest BCUT2D eigenvalue weighted by Gasteiger charge is -2.11. The van der Waals surface area contributed by atoms with Crippen molar-refractivity contribution in [3.63, 3.8) is 0 Å². The van der Waals surface area contributed by atoms with Gasteiger partial charge in [0.25, 0.3) is 0 Å². The molecule has 4 aromatic heterocycles. The number of hydrogen-bond acceptors (Lipinski definition) is 3. The summed E-state index contributed by atoms with van der Waals surface area (Å²) in [6, 6.07) is 34.3. The van der Waals surface area contributed by atoms with Crippen LogP contribution in [0.5, 0.6) is 0 Å².